The van der Waals surface area contributed by atoms with Crippen LogP contribution in [-0.2, 0) is 36.2 Å². The van der Waals surface area contributed by atoms with E-state index in [0.717, 1.165) is 61.8 Å². The Balaban J connectivity index is 1.18. The zero-order valence-electron chi connectivity index (χ0n) is 21.3. The highest BCUT2D eigenvalue weighted by atomic mass is 19.1. The molecular formula is C28H34FN5O3. The van der Waals surface area contributed by atoms with Gasteiger partial charge in [0, 0.05) is 12.6 Å². The lowest BCUT2D eigenvalue weighted by molar-refractivity contribution is -0.116. The van der Waals surface area contributed by atoms with Gasteiger partial charge in [-0.3, -0.25) is 4.79 Å². The summed E-state index contributed by atoms with van der Waals surface area (Å²) in [5, 5.41) is 22.7. The molecule has 1 saturated carbocycles. The molecule has 1 aliphatic heterocycles. The fraction of sp³-hybridized carbons (Fsp3) is 0.500. The number of fused-ring (bicyclic) bond motifs is 1. The van der Waals surface area contributed by atoms with Gasteiger partial charge in [0.05, 0.1) is 25.0 Å². The average molecular weight is 508 g/mol. The van der Waals surface area contributed by atoms with E-state index in [9.17, 15) is 14.3 Å². The van der Waals surface area contributed by atoms with Crippen LogP contribution in [0.3, 0.4) is 0 Å². The van der Waals surface area contributed by atoms with Gasteiger partial charge in [0.25, 0.3) is 0 Å². The summed E-state index contributed by atoms with van der Waals surface area (Å²) in [6, 6.07) is 6.75. The minimum Gasteiger partial charge on any atom is -0.490 e. The van der Waals surface area contributed by atoms with E-state index in [-0.39, 0.29) is 18.2 Å². The van der Waals surface area contributed by atoms with Crippen LogP contribution in [0.5, 0.6) is 5.75 Å². The number of hydrogen-bond donors (Lipinski definition) is 2. The monoisotopic (exact) mass is 507 g/mol. The number of benzene rings is 1. The number of rotatable bonds is 12. The molecule has 1 unspecified atom stereocenters. The van der Waals surface area contributed by atoms with Crippen molar-refractivity contribution in [2.75, 3.05) is 11.9 Å². The second-order valence-electron chi connectivity index (χ2n) is 10.3. The molecule has 1 aliphatic carbocycles. The van der Waals surface area contributed by atoms with Crippen molar-refractivity contribution < 1.29 is 19.0 Å². The highest BCUT2D eigenvalue weighted by Crippen LogP contribution is 2.34. The maximum absolute atomic E-state index is 14.3. The second kappa shape index (κ2) is 11.0. The Hall–Kier alpha value is -3.33. The summed E-state index contributed by atoms with van der Waals surface area (Å²) >= 11 is 0. The third-order valence-corrected chi connectivity index (χ3v) is 7.38. The number of anilines is 1. The Labute approximate surface area is 216 Å². The molecule has 0 bridgehead atoms. The van der Waals surface area contributed by atoms with Crippen LogP contribution in [0.1, 0.15) is 67.8 Å². The molecule has 2 aromatic heterocycles. The van der Waals surface area contributed by atoms with Crippen molar-refractivity contribution in [2.45, 2.75) is 76.9 Å². The van der Waals surface area contributed by atoms with Crippen molar-refractivity contribution in [1.29, 1.82) is 0 Å². The summed E-state index contributed by atoms with van der Waals surface area (Å²) in [7, 11) is 0. The van der Waals surface area contributed by atoms with Crippen LogP contribution >= 0.6 is 0 Å². The molecule has 37 heavy (non-hydrogen) atoms. The third kappa shape index (κ3) is 6.15. The van der Waals surface area contributed by atoms with E-state index in [4.69, 9.17) is 4.74 Å². The molecule has 196 valence electrons. The van der Waals surface area contributed by atoms with E-state index >= 15 is 0 Å². The lowest BCUT2D eigenvalue weighted by atomic mass is 9.90. The standard InChI is InChI=1S/C28H34FN5O3/c1-2-28(36,22-10-11-24(29)25(14-22)37-17-19-7-8-19)18-34-23(16-31-33-34)6-4-3-5-20-13-21-9-12-26(35)32-27(21)30-15-20/h10-11,13-16,19,36H,2-9,12,17-18H2,1H3,(H,30,32,35). The van der Waals surface area contributed by atoms with E-state index in [0.29, 0.717) is 36.7 Å². The smallest absolute Gasteiger partial charge is 0.225 e. The number of nitrogens with one attached hydrogen (secondary N) is 1. The number of carbonyl (C=O) groups excluding carboxylic acids is 1. The van der Waals surface area contributed by atoms with Crippen LogP contribution in [0.4, 0.5) is 10.2 Å². The minimum absolute atomic E-state index is 0.0229. The van der Waals surface area contributed by atoms with E-state index in [1.165, 1.54) is 6.07 Å². The molecule has 2 N–H and O–H groups in total. The zero-order valence-corrected chi connectivity index (χ0v) is 21.3. The average Bonchev–Trinajstić information content (AvgIpc) is 3.64. The molecule has 8 nitrogen and oxygen atoms in total. The fourth-order valence-corrected chi connectivity index (χ4v) is 4.73. The van der Waals surface area contributed by atoms with Crippen molar-refractivity contribution in [2.24, 2.45) is 5.92 Å². The Bertz CT molecular complexity index is 1260. The molecule has 5 rings (SSSR count). The summed E-state index contributed by atoms with van der Waals surface area (Å²) in [5.74, 6) is 0.991. The number of aryl methyl sites for hydroxylation is 3. The van der Waals surface area contributed by atoms with Crippen molar-refractivity contribution in [1.82, 2.24) is 20.0 Å². The van der Waals surface area contributed by atoms with Crippen LogP contribution in [0.25, 0.3) is 0 Å². The number of pyridine rings is 1. The number of aromatic nitrogens is 4. The maximum atomic E-state index is 14.3. The second-order valence-corrected chi connectivity index (χ2v) is 10.3. The van der Waals surface area contributed by atoms with Crippen LogP contribution in [0.15, 0.2) is 36.7 Å². The van der Waals surface area contributed by atoms with Crippen molar-refractivity contribution in [3.05, 3.63) is 64.9 Å². The zero-order chi connectivity index (χ0) is 25.8. The number of amides is 1. The summed E-state index contributed by atoms with van der Waals surface area (Å²) in [6.07, 6.45) is 11.1. The quantitative estimate of drug-likeness (QED) is 0.354. The molecule has 1 atom stereocenters. The van der Waals surface area contributed by atoms with E-state index < -0.39 is 11.4 Å². The number of carbonyl (C=O) groups is 1. The Morgan fingerprint density at radius 3 is 2.84 bits per heavy atom. The van der Waals surface area contributed by atoms with E-state index in [1.54, 1.807) is 23.0 Å². The Morgan fingerprint density at radius 2 is 2.03 bits per heavy atom. The summed E-state index contributed by atoms with van der Waals surface area (Å²) < 4.78 is 21.8. The van der Waals surface area contributed by atoms with Gasteiger partial charge in [0.15, 0.2) is 11.6 Å². The van der Waals surface area contributed by atoms with Gasteiger partial charge in [-0.25, -0.2) is 14.1 Å². The first-order valence-electron chi connectivity index (χ1n) is 13.2. The Kier molecular flexibility index (Phi) is 7.50. The van der Waals surface area contributed by atoms with Gasteiger partial charge in [-0.15, -0.1) is 5.10 Å². The molecule has 0 radical (unpaired) electrons. The molecule has 9 heteroatoms. The van der Waals surface area contributed by atoms with Gasteiger partial charge < -0.3 is 15.2 Å². The maximum Gasteiger partial charge on any atom is 0.225 e. The summed E-state index contributed by atoms with van der Waals surface area (Å²) in [5.41, 5.74) is 2.60. The molecule has 3 aromatic rings. The number of ether oxygens (including phenoxy) is 1. The first-order chi connectivity index (χ1) is 17.9. The molecule has 0 spiro atoms. The van der Waals surface area contributed by atoms with Crippen LogP contribution in [0.2, 0.25) is 0 Å². The molecule has 2 aliphatic rings. The van der Waals surface area contributed by atoms with Gasteiger partial charge in [0.2, 0.25) is 5.91 Å². The number of aliphatic hydroxyl groups is 1. The molecule has 1 fully saturated rings. The highest BCUT2D eigenvalue weighted by molar-refractivity contribution is 5.92. The van der Waals surface area contributed by atoms with Crippen molar-refractivity contribution in [3.63, 3.8) is 0 Å². The van der Waals surface area contributed by atoms with Crippen LogP contribution < -0.4 is 10.1 Å². The molecule has 3 heterocycles. The highest BCUT2D eigenvalue weighted by Gasteiger charge is 2.31. The third-order valence-electron chi connectivity index (χ3n) is 7.38. The van der Waals surface area contributed by atoms with Gasteiger partial charge in [-0.05, 0) is 86.1 Å². The summed E-state index contributed by atoms with van der Waals surface area (Å²) in [4.78, 5) is 15.9. The fourth-order valence-electron chi connectivity index (χ4n) is 4.73. The first kappa shape index (κ1) is 25.3. The van der Waals surface area contributed by atoms with E-state index in [2.05, 4.69) is 26.7 Å². The summed E-state index contributed by atoms with van der Waals surface area (Å²) in [6.45, 7) is 2.64. The number of hydrogen-bond acceptors (Lipinski definition) is 6. The van der Waals surface area contributed by atoms with E-state index in [1.807, 2.05) is 13.1 Å². The van der Waals surface area contributed by atoms with Crippen LogP contribution in [0, 0.1) is 11.7 Å². The SMILES string of the molecule is CCC(O)(Cn1nncc1CCCCc1cnc2c(c1)CCC(=O)N2)c1ccc(F)c(OCC2CC2)c1. The van der Waals surface area contributed by atoms with Crippen LogP contribution in [-0.4, -0.2) is 37.6 Å². The predicted molar refractivity (Wildman–Crippen MR) is 137 cm³/mol. The molecular weight excluding hydrogens is 473 g/mol. The lowest BCUT2D eigenvalue weighted by Gasteiger charge is -2.28. The molecule has 1 amide bonds. The number of unbranched alkanes of at least 4 members (excludes halogenated alkanes) is 1. The normalized spacial score (nSPS) is 16.7. The predicted octanol–water partition coefficient (Wildman–Crippen LogP) is 4.35. The van der Waals surface area contributed by atoms with Crippen molar-refractivity contribution in [3.8, 4) is 5.75 Å². The van der Waals surface area contributed by atoms with Gasteiger partial charge in [-0.2, -0.15) is 0 Å². The first-order valence-corrected chi connectivity index (χ1v) is 13.2. The molecule has 1 aromatic carbocycles. The topological polar surface area (TPSA) is 102 Å². The van der Waals surface area contributed by atoms with Gasteiger partial charge in [-0.1, -0.05) is 24.3 Å². The van der Waals surface area contributed by atoms with Gasteiger partial charge >= 0.3 is 0 Å². The lowest BCUT2D eigenvalue weighted by Crippen LogP contribution is -2.32. The van der Waals surface area contributed by atoms with Crippen molar-refractivity contribution >= 4 is 11.7 Å². The number of nitrogens with zero attached hydrogens (tertiary/aromatic N) is 4. The Morgan fingerprint density at radius 1 is 1.19 bits per heavy atom. The molecule has 0 saturated heterocycles. The van der Waals surface area contributed by atoms with Gasteiger partial charge in [0.1, 0.15) is 11.4 Å². The largest absolute Gasteiger partial charge is 0.490 e. The minimum atomic E-state index is -1.22. The number of halogens is 1.